The van der Waals surface area contributed by atoms with E-state index in [2.05, 4.69) is 19.4 Å². The van der Waals surface area contributed by atoms with Crippen LogP contribution < -0.4 is 4.72 Å². The van der Waals surface area contributed by atoms with Crippen LogP contribution in [0.1, 0.15) is 5.82 Å². The zero-order valence-electron chi connectivity index (χ0n) is 8.78. The average molecular weight is 255 g/mol. The molecule has 0 aliphatic rings. The van der Waals surface area contributed by atoms with E-state index in [-0.39, 0.29) is 16.7 Å². The van der Waals surface area contributed by atoms with Gasteiger partial charge in [-0.15, -0.1) is 0 Å². The van der Waals surface area contributed by atoms with Gasteiger partial charge in [0.2, 0.25) is 0 Å². The summed E-state index contributed by atoms with van der Waals surface area (Å²) in [5, 5.41) is 12.5. The molecule has 0 radical (unpaired) electrons. The molecule has 2 aromatic rings. The molecule has 7 nitrogen and oxygen atoms in total. The number of nitrogens with one attached hydrogen (secondary N) is 1. The van der Waals surface area contributed by atoms with Gasteiger partial charge in [0.25, 0.3) is 10.0 Å². The van der Waals surface area contributed by atoms with Crippen LogP contribution in [0.25, 0.3) is 0 Å². The van der Waals surface area contributed by atoms with Crippen LogP contribution in [0, 0.1) is 6.92 Å². The van der Waals surface area contributed by atoms with E-state index < -0.39 is 10.0 Å². The Labute approximate surface area is 97.1 Å². The second-order valence-corrected chi connectivity index (χ2v) is 4.93. The molecule has 0 spiro atoms. The summed E-state index contributed by atoms with van der Waals surface area (Å²) in [5.41, 5.74) is 0. The number of aromatic nitrogens is 2. The molecule has 0 bridgehead atoms. The molecule has 1 aromatic heterocycles. The van der Waals surface area contributed by atoms with Gasteiger partial charge < -0.3 is 9.63 Å². The van der Waals surface area contributed by atoms with E-state index >= 15 is 0 Å². The van der Waals surface area contributed by atoms with Gasteiger partial charge in [-0.25, -0.2) is 13.1 Å². The highest BCUT2D eigenvalue weighted by Crippen LogP contribution is 2.17. The fourth-order valence-electron chi connectivity index (χ4n) is 1.14. The van der Waals surface area contributed by atoms with Gasteiger partial charge in [0.15, 0.2) is 5.82 Å². The third kappa shape index (κ3) is 2.53. The number of hydrogen-bond acceptors (Lipinski definition) is 6. The van der Waals surface area contributed by atoms with Crippen molar-refractivity contribution < 1.29 is 18.0 Å². The number of benzene rings is 1. The molecule has 0 unspecified atom stereocenters. The first-order valence-corrected chi connectivity index (χ1v) is 6.08. The zero-order chi connectivity index (χ0) is 12.5. The first kappa shape index (κ1) is 11.4. The maximum Gasteiger partial charge on any atom is 0.335 e. The Morgan fingerprint density at radius 1 is 1.29 bits per heavy atom. The lowest BCUT2D eigenvalue weighted by atomic mass is 10.3. The number of hydrogen-bond donors (Lipinski definition) is 2. The van der Waals surface area contributed by atoms with Crippen LogP contribution in [-0.2, 0) is 10.0 Å². The van der Waals surface area contributed by atoms with Crippen molar-refractivity contribution in [3.63, 3.8) is 0 Å². The van der Waals surface area contributed by atoms with E-state index in [0.29, 0.717) is 5.82 Å². The Hall–Kier alpha value is -2.09. The summed E-state index contributed by atoms with van der Waals surface area (Å²) in [5.74, 6) is 0.311. The Balaban J connectivity index is 2.28. The number of anilines is 1. The van der Waals surface area contributed by atoms with Crippen molar-refractivity contribution >= 4 is 16.0 Å². The molecule has 17 heavy (non-hydrogen) atoms. The molecule has 2 rings (SSSR count). The van der Waals surface area contributed by atoms with E-state index in [1.54, 1.807) is 6.92 Å². The first-order valence-electron chi connectivity index (χ1n) is 4.59. The highest BCUT2D eigenvalue weighted by atomic mass is 32.2. The van der Waals surface area contributed by atoms with Crippen LogP contribution in [0.15, 0.2) is 33.7 Å². The van der Waals surface area contributed by atoms with Crippen molar-refractivity contribution in [3.05, 3.63) is 30.1 Å². The number of nitrogens with zero attached hydrogens (tertiary/aromatic N) is 2. The summed E-state index contributed by atoms with van der Waals surface area (Å²) in [7, 11) is -3.77. The maximum atomic E-state index is 11.8. The normalized spacial score (nSPS) is 11.4. The quantitative estimate of drug-likeness (QED) is 0.843. The second-order valence-electron chi connectivity index (χ2n) is 3.25. The SMILES string of the molecule is Cc1noc(NS(=O)(=O)c2ccc(O)cc2)n1. The third-order valence-corrected chi connectivity index (χ3v) is 3.23. The van der Waals surface area contributed by atoms with Crippen molar-refractivity contribution in [2.75, 3.05) is 4.72 Å². The number of aromatic hydroxyl groups is 1. The molecule has 0 amide bonds. The Morgan fingerprint density at radius 3 is 2.47 bits per heavy atom. The molecule has 0 atom stereocenters. The summed E-state index contributed by atoms with van der Waals surface area (Å²) in [6.45, 7) is 1.57. The number of sulfonamides is 1. The standard InChI is InChI=1S/C9H9N3O4S/c1-6-10-9(16-11-6)12-17(14,15)8-4-2-7(13)3-5-8/h2-5,13H,1H3,(H,10,11,12). The predicted octanol–water partition coefficient (Wildman–Crippen LogP) is 0.884. The van der Waals surface area contributed by atoms with Gasteiger partial charge in [-0.3, -0.25) is 0 Å². The van der Waals surface area contributed by atoms with Gasteiger partial charge in [-0.1, -0.05) is 5.16 Å². The summed E-state index contributed by atoms with van der Waals surface area (Å²) in [6, 6.07) is 4.87. The number of phenolic OH excluding ortho intramolecular Hbond substituents is 1. The van der Waals surface area contributed by atoms with Crippen molar-refractivity contribution in [2.45, 2.75) is 11.8 Å². The van der Waals surface area contributed by atoms with E-state index in [4.69, 9.17) is 5.11 Å². The second kappa shape index (κ2) is 4.06. The molecule has 2 N–H and O–H groups in total. The maximum absolute atomic E-state index is 11.8. The van der Waals surface area contributed by atoms with Crippen LogP contribution >= 0.6 is 0 Å². The Kier molecular flexibility index (Phi) is 2.72. The summed E-state index contributed by atoms with van der Waals surface area (Å²) in [6.07, 6.45) is 0. The summed E-state index contributed by atoms with van der Waals surface area (Å²) in [4.78, 5) is 3.71. The summed E-state index contributed by atoms with van der Waals surface area (Å²) < 4.78 is 30.4. The van der Waals surface area contributed by atoms with E-state index in [9.17, 15) is 8.42 Å². The lowest BCUT2D eigenvalue weighted by Gasteiger charge is -2.03. The molecule has 0 saturated heterocycles. The van der Waals surface area contributed by atoms with E-state index in [0.717, 1.165) is 0 Å². The zero-order valence-corrected chi connectivity index (χ0v) is 9.60. The lowest BCUT2D eigenvalue weighted by Crippen LogP contribution is -2.12. The average Bonchev–Trinajstić information content (AvgIpc) is 2.63. The molecule has 0 aliphatic heterocycles. The monoisotopic (exact) mass is 255 g/mol. The minimum Gasteiger partial charge on any atom is -0.508 e. The van der Waals surface area contributed by atoms with Crippen LogP contribution in [0.2, 0.25) is 0 Å². The van der Waals surface area contributed by atoms with E-state index in [1.807, 2.05) is 0 Å². The molecule has 90 valence electrons. The van der Waals surface area contributed by atoms with Crippen LogP contribution in [0.3, 0.4) is 0 Å². The predicted molar refractivity (Wildman–Crippen MR) is 58.0 cm³/mol. The fraction of sp³-hybridized carbons (Fsp3) is 0.111. The van der Waals surface area contributed by atoms with Crippen molar-refractivity contribution in [3.8, 4) is 5.75 Å². The Morgan fingerprint density at radius 2 is 1.94 bits per heavy atom. The largest absolute Gasteiger partial charge is 0.508 e. The number of phenols is 1. The fourth-order valence-corrected chi connectivity index (χ4v) is 2.06. The lowest BCUT2D eigenvalue weighted by molar-refractivity contribution is 0.429. The smallest absolute Gasteiger partial charge is 0.335 e. The van der Waals surface area contributed by atoms with Gasteiger partial charge in [0.1, 0.15) is 5.75 Å². The molecular weight excluding hydrogens is 246 g/mol. The van der Waals surface area contributed by atoms with Crippen molar-refractivity contribution in [1.82, 2.24) is 10.1 Å². The molecule has 1 aromatic carbocycles. The van der Waals surface area contributed by atoms with Gasteiger partial charge in [-0.05, 0) is 31.2 Å². The molecule has 0 aliphatic carbocycles. The highest BCUT2D eigenvalue weighted by molar-refractivity contribution is 7.92. The van der Waals surface area contributed by atoms with Crippen molar-refractivity contribution in [1.29, 1.82) is 0 Å². The molecule has 0 saturated carbocycles. The van der Waals surface area contributed by atoms with Gasteiger partial charge >= 0.3 is 6.01 Å². The van der Waals surface area contributed by atoms with Gasteiger partial charge in [0.05, 0.1) is 4.90 Å². The van der Waals surface area contributed by atoms with Crippen LogP contribution in [-0.4, -0.2) is 23.7 Å². The molecule has 1 heterocycles. The minimum absolute atomic E-state index is 0.00819. The van der Waals surface area contributed by atoms with Gasteiger partial charge in [-0.2, -0.15) is 4.98 Å². The topological polar surface area (TPSA) is 105 Å². The molecule has 0 fully saturated rings. The van der Waals surface area contributed by atoms with Gasteiger partial charge in [0, 0.05) is 0 Å². The number of rotatable bonds is 3. The van der Waals surface area contributed by atoms with Crippen molar-refractivity contribution in [2.24, 2.45) is 0 Å². The third-order valence-electron chi connectivity index (χ3n) is 1.90. The highest BCUT2D eigenvalue weighted by Gasteiger charge is 2.17. The summed E-state index contributed by atoms with van der Waals surface area (Å²) >= 11 is 0. The van der Waals surface area contributed by atoms with E-state index in [1.165, 1.54) is 24.3 Å². The van der Waals surface area contributed by atoms with Crippen LogP contribution in [0.4, 0.5) is 6.01 Å². The molecule has 8 heteroatoms. The Bertz CT molecular complexity index is 618. The molecular formula is C9H9N3O4S. The van der Waals surface area contributed by atoms with Crippen LogP contribution in [0.5, 0.6) is 5.75 Å². The number of aryl methyl sites for hydroxylation is 1. The minimum atomic E-state index is -3.77. The first-order chi connectivity index (χ1) is 7.97.